The van der Waals surface area contributed by atoms with Crippen molar-refractivity contribution >= 4 is 22.7 Å². The fourth-order valence-electron chi connectivity index (χ4n) is 2.04. The van der Waals surface area contributed by atoms with Gasteiger partial charge in [-0.15, -0.1) is 11.8 Å². The first kappa shape index (κ1) is 12.2. The van der Waals surface area contributed by atoms with Crippen LogP contribution in [0.4, 0.5) is 0 Å². The quantitative estimate of drug-likeness (QED) is 0.640. The number of rotatable bonds is 4. The molecule has 0 amide bonds. The van der Waals surface area contributed by atoms with Gasteiger partial charge < -0.3 is 9.15 Å². The molecule has 2 aromatic carbocycles. The van der Waals surface area contributed by atoms with Crippen molar-refractivity contribution in [1.82, 2.24) is 0 Å². The lowest BCUT2D eigenvalue weighted by Crippen LogP contribution is -1.86. The van der Waals surface area contributed by atoms with Crippen LogP contribution in [-0.2, 0) is 5.75 Å². The Kier molecular flexibility index (Phi) is 3.47. The molecule has 3 heteroatoms. The number of furan rings is 1. The summed E-state index contributed by atoms with van der Waals surface area (Å²) in [6, 6.07) is 16.2. The van der Waals surface area contributed by atoms with E-state index in [4.69, 9.17) is 9.15 Å². The molecule has 0 saturated carbocycles. The molecule has 0 aliphatic heterocycles. The maximum atomic E-state index is 5.55. The average Bonchev–Trinajstić information content (AvgIpc) is 2.89. The van der Waals surface area contributed by atoms with Crippen LogP contribution in [0.1, 0.15) is 5.56 Å². The van der Waals surface area contributed by atoms with Crippen molar-refractivity contribution < 1.29 is 9.15 Å². The Morgan fingerprint density at radius 2 is 1.84 bits per heavy atom. The van der Waals surface area contributed by atoms with Gasteiger partial charge in [-0.25, -0.2) is 0 Å². The monoisotopic (exact) mass is 270 g/mol. The molecule has 1 aromatic heterocycles. The first-order valence-electron chi connectivity index (χ1n) is 6.09. The average molecular weight is 270 g/mol. The fourth-order valence-corrected chi connectivity index (χ4v) is 3.04. The van der Waals surface area contributed by atoms with Crippen molar-refractivity contribution in [1.29, 1.82) is 0 Å². The van der Waals surface area contributed by atoms with Crippen LogP contribution in [0.5, 0.6) is 5.75 Å². The standard InChI is InChI=1S/C16H14O2S/c1-17-15-8-4-5-9-16(15)19-11-12-10-18-14-7-3-2-6-13(12)14/h2-10H,11H2,1H3. The summed E-state index contributed by atoms with van der Waals surface area (Å²) in [5, 5.41) is 1.19. The van der Waals surface area contributed by atoms with Gasteiger partial charge >= 0.3 is 0 Å². The third kappa shape index (κ3) is 2.47. The van der Waals surface area contributed by atoms with E-state index in [0.717, 1.165) is 22.0 Å². The highest BCUT2D eigenvalue weighted by molar-refractivity contribution is 7.98. The topological polar surface area (TPSA) is 22.4 Å². The number of hydrogen-bond donors (Lipinski definition) is 0. The maximum absolute atomic E-state index is 5.55. The number of thioether (sulfide) groups is 1. The molecule has 1 heterocycles. The van der Waals surface area contributed by atoms with Gasteiger partial charge in [0.2, 0.25) is 0 Å². The zero-order valence-electron chi connectivity index (χ0n) is 10.6. The van der Waals surface area contributed by atoms with Crippen molar-refractivity contribution in [3.05, 3.63) is 60.4 Å². The molecule has 0 bridgehead atoms. The van der Waals surface area contributed by atoms with Crippen LogP contribution in [0.2, 0.25) is 0 Å². The van der Waals surface area contributed by atoms with Crippen LogP contribution in [0.15, 0.2) is 64.1 Å². The molecule has 0 radical (unpaired) electrons. The smallest absolute Gasteiger partial charge is 0.134 e. The molecule has 0 aliphatic carbocycles. The second-order valence-electron chi connectivity index (χ2n) is 4.20. The van der Waals surface area contributed by atoms with Gasteiger partial charge in [0.25, 0.3) is 0 Å². The Balaban J connectivity index is 1.82. The number of ether oxygens (including phenoxy) is 1. The Labute approximate surface area is 116 Å². The lowest BCUT2D eigenvalue weighted by molar-refractivity contribution is 0.405. The molecule has 0 atom stereocenters. The van der Waals surface area contributed by atoms with Crippen LogP contribution in [-0.4, -0.2) is 7.11 Å². The van der Waals surface area contributed by atoms with Crippen molar-refractivity contribution in [2.75, 3.05) is 7.11 Å². The highest BCUT2D eigenvalue weighted by Crippen LogP contribution is 2.33. The van der Waals surface area contributed by atoms with E-state index in [0.29, 0.717) is 0 Å². The molecule has 0 fully saturated rings. The highest BCUT2D eigenvalue weighted by Gasteiger charge is 2.07. The van der Waals surface area contributed by atoms with Crippen LogP contribution in [0, 0.1) is 0 Å². The van der Waals surface area contributed by atoms with Gasteiger partial charge in [-0.3, -0.25) is 0 Å². The lowest BCUT2D eigenvalue weighted by Gasteiger charge is -2.06. The second kappa shape index (κ2) is 5.41. The zero-order valence-corrected chi connectivity index (χ0v) is 11.4. The predicted octanol–water partition coefficient (Wildman–Crippen LogP) is 4.73. The molecule has 0 N–H and O–H groups in total. The SMILES string of the molecule is COc1ccccc1SCc1coc2ccccc12. The summed E-state index contributed by atoms with van der Waals surface area (Å²) in [4.78, 5) is 1.15. The minimum atomic E-state index is 0.872. The third-order valence-electron chi connectivity index (χ3n) is 3.01. The molecule has 0 spiro atoms. The summed E-state index contributed by atoms with van der Waals surface area (Å²) in [6.07, 6.45) is 1.84. The number of methoxy groups -OCH3 is 1. The molecule has 19 heavy (non-hydrogen) atoms. The van der Waals surface area contributed by atoms with Crippen molar-refractivity contribution in [2.24, 2.45) is 0 Å². The zero-order chi connectivity index (χ0) is 13.1. The van der Waals surface area contributed by atoms with Gasteiger partial charge in [-0.05, 0) is 18.2 Å². The maximum Gasteiger partial charge on any atom is 0.134 e. The number of fused-ring (bicyclic) bond motifs is 1. The van der Waals surface area contributed by atoms with Crippen LogP contribution >= 0.6 is 11.8 Å². The first-order valence-corrected chi connectivity index (χ1v) is 7.08. The molecular weight excluding hydrogens is 256 g/mol. The number of para-hydroxylation sites is 2. The van der Waals surface area contributed by atoms with Gasteiger partial charge in [0.05, 0.1) is 13.4 Å². The Bertz CT molecular complexity index is 688. The molecule has 3 aromatic rings. The van der Waals surface area contributed by atoms with E-state index in [1.54, 1.807) is 18.9 Å². The summed E-state index contributed by atoms with van der Waals surface area (Å²) >= 11 is 1.76. The first-order chi connectivity index (χ1) is 9.38. The summed E-state index contributed by atoms with van der Waals surface area (Å²) in [5.41, 5.74) is 2.16. The highest BCUT2D eigenvalue weighted by atomic mass is 32.2. The number of benzene rings is 2. The molecule has 96 valence electrons. The van der Waals surface area contributed by atoms with Gasteiger partial charge in [0, 0.05) is 21.6 Å². The van der Waals surface area contributed by atoms with Gasteiger partial charge in [-0.2, -0.15) is 0 Å². The van der Waals surface area contributed by atoms with Crippen molar-refractivity contribution in [2.45, 2.75) is 10.6 Å². The van der Waals surface area contributed by atoms with E-state index in [1.807, 2.05) is 42.7 Å². The summed E-state index contributed by atoms with van der Waals surface area (Å²) < 4.78 is 10.9. The lowest BCUT2D eigenvalue weighted by atomic mass is 10.2. The second-order valence-corrected chi connectivity index (χ2v) is 5.21. The molecule has 0 unspecified atom stereocenters. The Morgan fingerprint density at radius 1 is 1.05 bits per heavy atom. The summed E-state index contributed by atoms with van der Waals surface area (Å²) in [7, 11) is 1.70. The molecule has 3 rings (SSSR count). The third-order valence-corrected chi connectivity index (χ3v) is 4.12. The molecule has 0 saturated heterocycles. The normalized spacial score (nSPS) is 10.8. The number of hydrogen-bond acceptors (Lipinski definition) is 3. The summed E-state index contributed by atoms with van der Waals surface area (Å²) in [5.74, 6) is 1.79. The predicted molar refractivity (Wildman–Crippen MR) is 78.8 cm³/mol. The van der Waals surface area contributed by atoms with Crippen molar-refractivity contribution in [3.8, 4) is 5.75 Å². The van der Waals surface area contributed by atoms with E-state index in [1.165, 1.54) is 10.9 Å². The van der Waals surface area contributed by atoms with Crippen molar-refractivity contribution in [3.63, 3.8) is 0 Å². The minimum Gasteiger partial charge on any atom is -0.496 e. The minimum absolute atomic E-state index is 0.872. The van der Waals surface area contributed by atoms with Crippen LogP contribution < -0.4 is 4.74 Å². The molecule has 2 nitrogen and oxygen atoms in total. The fraction of sp³-hybridized carbons (Fsp3) is 0.125. The van der Waals surface area contributed by atoms with E-state index in [2.05, 4.69) is 12.1 Å². The van der Waals surface area contributed by atoms with Gasteiger partial charge in [0.15, 0.2) is 0 Å². The van der Waals surface area contributed by atoms with Gasteiger partial charge in [0.1, 0.15) is 11.3 Å². The summed E-state index contributed by atoms with van der Waals surface area (Å²) in [6.45, 7) is 0. The van der Waals surface area contributed by atoms with Crippen LogP contribution in [0.3, 0.4) is 0 Å². The van der Waals surface area contributed by atoms with E-state index in [-0.39, 0.29) is 0 Å². The molecule has 0 aliphatic rings. The van der Waals surface area contributed by atoms with Crippen LogP contribution in [0.25, 0.3) is 11.0 Å². The van der Waals surface area contributed by atoms with E-state index < -0.39 is 0 Å². The Hall–Kier alpha value is -1.87. The molecular formula is C16H14O2S. The van der Waals surface area contributed by atoms with E-state index >= 15 is 0 Å². The Morgan fingerprint density at radius 3 is 2.74 bits per heavy atom. The largest absolute Gasteiger partial charge is 0.496 e. The van der Waals surface area contributed by atoms with Gasteiger partial charge in [-0.1, -0.05) is 30.3 Å². The van der Waals surface area contributed by atoms with E-state index in [9.17, 15) is 0 Å².